The minimum atomic E-state index is 0.314. The molecule has 0 aliphatic heterocycles. The Balaban J connectivity index is 2.16. The zero-order valence-corrected chi connectivity index (χ0v) is 11.2. The number of rotatable bonds is 8. The summed E-state index contributed by atoms with van der Waals surface area (Å²) in [6.45, 7) is 3.50. The van der Waals surface area contributed by atoms with E-state index < -0.39 is 0 Å². The normalized spacial score (nSPS) is 12.6. The molecule has 1 rings (SSSR count). The van der Waals surface area contributed by atoms with Gasteiger partial charge in [0.05, 0.1) is 0 Å². The third-order valence-corrected chi connectivity index (χ3v) is 3.16. The topological polar surface area (TPSA) is 32.3 Å². The highest BCUT2D eigenvalue weighted by atomic mass is 35.5. The lowest BCUT2D eigenvalue weighted by molar-refractivity contribution is 0.282. The Kier molecular flexibility index (Phi) is 7.25. The molecule has 2 N–H and O–H groups in total. The van der Waals surface area contributed by atoms with E-state index in [1.54, 1.807) is 0 Å². The summed E-state index contributed by atoms with van der Waals surface area (Å²) in [4.78, 5) is 0. The minimum absolute atomic E-state index is 0.314. The first kappa shape index (κ1) is 14.5. The molecule has 0 spiro atoms. The lowest BCUT2D eigenvalue weighted by Gasteiger charge is -2.14. The van der Waals surface area contributed by atoms with Crippen molar-refractivity contribution in [2.75, 3.05) is 13.2 Å². The molecule has 0 radical (unpaired) electrons. The van der Waals surface area contributed by atoms with Gasteiger partial charge in [-0.25, -0.2) is 0 Å². The van der Waals surface area contributed by atoms with E-state index in [9.17, 15) is 0 Å². The molecular formula is C14H22ClNO. The lowest BCUT2D eigenvalue weighted by atomic mass is 10.1. The summed E-state index contributed by atoms with van der Waals surface area (Å²) in [6, 6.07) is 8.34. The van der Waals surface area contributed by atoms with E-state index in [1.807, 2.05) is 12.1 Å². The standard InChI is InChI=1S/C14H22ClNO/c1-12(13-6-8-14(15)9-7-13)16-10-4-2-3-5-11-17/h6-9,12,16-17H,2-5,10-11H2,1H3/t12-/m1/s1. The third-order valence-electron chi connectivity index (χ3n) is 2.91. The molecule has 0 aliphatic carbocycles. The van der Waals surface area contributed by atoms with Crippen LogP contribution < -0.4 is 5.32 Å². The number of halogens is 1. The Morgan fingerprint density at radius 3 is 2.41 bits per heavy atom. The van der Waals surface area contributed by atoms with E-state index in [0.717, 1.165) is 30.8 Å². The van der Waals surface area contributed by atoms with Crippen molar-refractivity contribution in [2.45, 2.75) is 38.6 Å². The van der Waals surface area contributed by atoms with Crippen molar-refractivity contribution in [1.82, 2.24) is 5.32 Å². The van der Waals surface area contributed by atoms with Crippen LogP contribution in [0.2, 0.25) is 5.02 Å². The molecule has 1 atom stereocenters. The Bertz CT molecular complexity index is 300. The van der Waals surface area contributed by atoms with Crippen LogP contribution in [-0.2, 0) is 0 Å². The van der Waals surface area contributed by atoms with Crippen molar-refractivity contribution in [3.63, 3.8) is 0 Å². The zero-order chi connectivity index (χ0) is 12.5. The molecule has 0 amide bonds. The lowest BCUT2D eigenvalue weighted by Crippen LogP contribution is -2.19. The molecule has 0 saturated heterocycles. The Morgan fingerprint density at radius 1 is 1.12 bits per heavy atom. The molecule has 0 saturated carbocycles. The molecule has 96 valence electrons. The molecule has 3 heteroatoms. The monoisotopic (exact) mass is 255 g/mol. The van der Waals surface area contributed by atoms with Gasteiger partial charge >= 0.3 is 0 Å². The first-order chi connectivity index (χ1) is 8.24. The highest BCUT2D eigenvalue weighted by Gasteiger charge is 2.03. The molecule has 1 aromatic carbocycles. The van der Waals surface area contributed by atoms with Gasteiger partial charge < -0.3 is 10.4 Å². The third kappa shape index (κ3) is 6.06. The maximum absolute atomic E-state index is 8.66. The largest absolute Gasteiger partial charge is 0.396 e. The fourth-order valence-corrected chi connectivity index (χ4v) is 1.90. The maximum Gasteiger partial charge on any atom is 0.0431 e. The average Bonchev–Trinajstić information content (AvgIpc) is 2.34. The molecule has 0 fully saturated rings. The molecule has 0 aromatic heterocycles. The van der Waals surface area contributed by atoms with Crippen molar-refractivity contribution in [3.8, 4) is 0 Å². The van der Waals surface area contributed by atoms with Crippen LogP contribution >= 0.6 is 11.6 Å². The fourth-order valence-electron chi connectivity index (χ4n) is 1.78. The van der Waals surface area contributed by atoms with Gasteiger partial charge in [0.1, 0.15) is 0 Å². The van der Waals surface area contributed by atoms with Crippen molar-refractivity contribution < 1.29 is 5.11 Å². The van der Waals surface area contributed by atoms with E-state index >= 15 is 0 Å². The van der Waals surface area contributed by atoms with Gasteiger partial charge in [0.15, 0.2) is 0 Å². The van der Waals surface area contributed by atoms with Crippen molar-refractivity contribution in [1.29, 1.82) is 0 Å². The quantitative estimate of drug-likeness (QED) is 0.697. The SMILES string of the molecule is C[C@@H](NCCCCCCO)c1ccc(Cl)cc1. The number of benzene rings is 1. The Morgan fingerprint density at radius 2 is 1.76 bits per heavy atom. The number of nitrogens with one attached hydrogen (secondary N) is 1. The predicted molar refractivity (Wildman–Crippen MR) is 73.4 cm³/mol. The minimum Gasteiger partial charge on any atom is -0.396 e. The van der Waals surface area contributed by atoms with Crippen LogP contribution in [0.25, 0.3) is 0 Å². The zero-order valence-electron chi connectivity index (χ0n) is 10.5. The fraction of sp³-hybridized carbons (Fsp3) is 0.571. The molecular weight excluding hydrogens is 234 g/mol. The van der Waals surface area contributed by atoms with Crippen LogP contribution in [0.4, 0.5) is 0 Å². The van der Waals surface area contributed by atoms with Gasteiger partial charge in [-0.15, -0.1) is 0 Å². The van der Waals surface area contributed by atoms with E-state index in [0.29, 0.717) is 12.6 Å². The molecule has 0 bridgehead atoms. The number of hydrogen-bond acceptors (Lipinski definition) is 2. The van der Waals surface area contributed by atoms with Crippen molar-refractivity contribution in [2.24, 2.45) is 0 Å². The number of unbranched alkanes of at least 4 members (excludes halogenated alkanes) is 3. The van der Waals surface area contributed by atoms with Gasteiger partial charge in [-0.05, 0) is 44.0 Å². The summed E-state index contributed by atoms with van der Waals surface area (Å²) >= 11 is 5.85. The Hall–Kier alpha value is -0.570. The summed E-state index contributed by atoms with van der Waals surface area (Å²) < 4.78 is 0. The molecule has 2 nitrogen and oxygen atoms in total. The van der Waals surface area contributed by atoms with Gasteiger partial charge in [0.2, 0.25) is 0 Å². The summed E-state index contributed by atoms with van der Waals surface area (Å²) in [7, 11) is 0. The molecule has 0 unspecified atom stereocenters. The van der Waals surface area contributed by atoms with Gasteiger partial charge in [-0.1, -0.05) is 36.6 Å². The maximum atomic E-state index is 8.66. The summed E-state index contributed by atoms with van der Waals surface area (Å²) in [5.41, 5.74) is 1.27. The number of hydrogen-bond donors (Lipinski definition) is 2. The van der Waals surface area contributed by atoms with Gasteiger partial charge in [-0.2, -0.15) is 0 Å². The first-order valence-corrected chi connectivity index (χ1v) is 6.71. The van der Waals surface area contributed by atoms with Crippen LogP contribution in [0.3, 0.4) is 0 Å². The number of aliphatic hydroxyl groups excluding tert-OH is 1. The number of aliphatic hydroxyl groups is 1. The van der Waals surface area contributed by atoms with Gasteiger partial charge in [0, 0.05) is 17.7 Å². The van der Waals surface area contributed by atoms with Gasteiger partial charge in [-0.3, -0.25) is 0 Å². The molecule has 0 heterocycles. The molecule has 17 heavy (non-hydrogen) atoms. The van der Waals surface area contributed by atoms with Crippen LogP contribution in [0.1, 0.15) is 44.2 Å². The average molecular weight is 256 g/mol. The van der Waals surface area contributed by atoms with E-state index in [2.05, 4.69) is 24.4 Å². The van der Waals surface area contributed by atoms with Crippen LogP contribution in [-0.4, -0.2) is 18.3 Å². The first-order valence-electron chi connectivity index (χ1n) is 6.33. The van der Waals surface area contributed by atoms with Crippen molar-refractivity contribution in [3.05, 3.63) is 34.9 Å². The second-order valence-corrected chi connectivity index (χ2v) is 4.80. The van der Waals surface area contributed by atoms with E-state index in [-0.39, 0.29) is 0 Å². The smallest absolute Gasteiger partial charge is 0.0431 e. The van der Waals surface area contributed by atoms with Crippen LogP contribution in [0, 0.1) is 0 Å². The van der Waals surface area contributed by atoms with E-state index in [1.165, 1.54) is 12.0 Å². The molecule has 1 aromatic rings. The second-order valence-electron chi connectivity index (χ2n) is 4.37. The molecule has 0 aliphatic rings. The summed E-state index contributed by atoms with van der Waals surface area (Å²) in [6.07, 6.45) is 4.39. The highest BCUT2D eigenvalue weighted by Crippen LogP contribution is 2.15. The highest BCUT2D eigenvalue weighted by molar-refractivity contribution is 6.30. The second kappa shape index (κ2) is 8.51. The van der Waals surface area contributed by atoms with Crippen LogP contribution in [0.15, 0.2) is 24.3 Å². The predicted octanol–water partition coefficient (Wildman–Crippen LogP) is 3.54. The van der Waals surface area contributed by atoms with E-state index in [4.69, 9.17) is 16.7 Å². The summed E-state index contributed by atoms with van der Waals surface area (Å²) in [5.74, 6) is 0. The summed E-state index contributed by atoms with van der Waals surface area (Å²) in [5, 5.41) is 12.9. The van der Waals surface area contributed by atoms with Crippen molar-refractivity contribution >= 4 is 11.6 Å². The van der Waals surface area contributed by atoms with Gasteiger partial charge in [0.25, 0.3) is 0 Å². The Labute approximate surface area is 109 Å². The van der Waals surface area contributed by atoms with Crippen LogP contribution in [0.5, 0.6) is 0 Å².